The Morgan fingerprint density at radius 1 is 1.40 bits per heavy atom. The summed E-state index contributed by atoms with van der Waals surface area (Å²) in [6, 6.07) is 8.25. The van der Waals surface area contributed by atoms with Gasteiger partial charge in [0.25, 0.3) is 0 Å². The van der Waals surface area contributed by atoms with Crippen LogP contribution in [0.15, 0.2) is 24.3 Å². The van der Waals surface area contributed by atoms with Gasteiger partial charge >= 0.3 is 5.97 Å². The van der Waals surface area contributed by atoms with Crippen molar-refractivity contribution in [2.75, 3.05) is 19.4 Å². The molecule has 1 aromatic rings. The first-order valence-corrected chi connectivity index (χ1v) is 8.28. The molecule has 0 bridgehead atoms. The van der Waals surface area contributed by atoms with E-state index in [1.54, 1.807) is 0 Å². The molecule has 0 amide bonds. The fraction of sp³-hybridized carbons (Fsp3) is 0.562. The summed E-state index contributed by atoms with van der Waals surface area (Å²) in [7, 11) is 1.45. The predicted molar refractivity (Wildman–Crippen MR) is 86.1 cm³/mol. The van der Waals surface area contributed by atoms with Crippen LogP contribution in [0.25, 0.3) is 0 Å². The molecule has 20 heavy (non-hydrogen) atoms. The molecule has 1 aromatic carbocycles. The number of methoxy groups -OCH3 is 1. The SMILES string of the molecule is CCCNC(CCSCc1ccccc1C)C(=O)OC. The zero-order valence-electron chi connectivity index (χ0n) is 12.6. The molecule has 1 unspecified atom stereocenters. The first kappa shape index (κ1) is 17.1. The van der Waals surface area contributed by atoms with Gasteiger partial charge in [-0.3, -0.25) is 4.79 Å². The van der Waals surface area contributed by atoms with Gasteiger partial charge < -0.3 is 10.1 Å². The zero-order valence-corrected chi connectivity index (χ0v) is 13.5. The number of aryl methyl sites for hydroxylation is 1. The van der Waals surface area contributed by atoms with Crippen molar-refractivity contribution >= 4 is 17.7 Å². The van der Waals surface area contributed by atoms with Gasteiger partial charge in [0, 0.05) is 5.75 Å². The fourth-order valence-corrected chi connectivity index (χ4v) is 3.01. The van der Waals surface area contributed by atoms with Gasteiger partial charge in [-0.15, -0.1) is 0 Å². The number of ether oxygens (including phenoxy) is 1. The summed E-state index contributed by atoms with van der Waals surface area (Å²) in [4.78, 5) is 11.6. The first-order valence-electron chi connectivity index (χ1n) is 7.12. The Balaban J connectivity index is 2.33. The number of nitrogens with one attached hydrogen (secondary N) is 1. The standard InChI is InChI=1S/C16H25NO2S/c1-4-10-17-15(16(18)19-3)9-11-20-12-14-8-6-5-7-13(14)2/h5-8,15,17H,4,9-12H2,1-3H3. The largest absolute Gasteiger partial charge is 0.468 e. The lowest BCUT2D eigenvalue weighted by Crippen LogP contribution is -2.38. The van der Waals surface area contributed by atoms with E-state index in [4.69, 9.17) is 4.74 Å². The zero-order chi connectivity index (χ0) is 14.8. The van der Waals surface area contributed by atoms with Crippen LogP contribution in [0.2, 0.25) is 0 Å². The second kappa shape index (κ2) is 9.83. The van der Waals surface area contributed by atoms with Crippen molar-refractivity contribution in [3.63, 3.8) is 0 Å². The highest BCUT2D eigenvalue weighted by Crippen LogP contribution is 2.17. The highest BCUT2D eigenvalue weighted by molar-refractivity contribution is 7.98. The molecule has 112 valence electrons. The molecule has 0 heterocycles. The predicted octanol–water partition coefficient (Wildman–Crippen LogP) is 3.16. The molecule has 1 N–H and O–H groups in total. The van der Waals surface area contributed by atoms with Crippen LogP contribution in [0.3, 0.4) is 0 Å². The van der Waals surface area contributed by atoms with E-state index in [9.17, 15) is 4.79 Å². The molecule has 0 radical (unpaired) electrons. The van der Waals surface area contributed by atoms with E-state index < -0.39 is 0 Å². The molecule has 0 aliphatic heterocycles. The maximum atomic E-state index is 11.6. The maximum absolute atomic E-state index is 11.6. The summed E-state index contributed by atoms with van der Waals surface area (Å²) in [6.07, 6.45) is 1.83. The maximum Gasteiger partial charge on any atom is 0.322 e. The molecular formula is C16H25NO2S. The third-order valence-electron chi connectivity index (χ3n) is 3.20. The third-order valence-corrected chi connectivity index (χ3v) is 4.24. The Morgan fingerprint density at radius 2 is 2.15 bits per heavy atom. The highest BCUT2D eigenvalue weighted by atomic mass is 32.2. The van der Waals surface area contributed by atoms with Gasteiger partial charge in [-0.25, -0.2) is 0 Å². The monoisotopic (exact) mass is 295 g/mol. The van der Waals surface area contributed by atoms with E-state index in [2.05, 4.69) is 43.4 Å². The van der Waals surface area contributed by atoms with Crippen LogP contribution in [-0.2, 0) is 15.3 Å². The van der Waals surface area contributed by atoms with E-state index in [-0.39, 0.29) is 12.0 Å². The van der Waals surface area contributed by atoms with Crippen molar-refractivity contribution in [1.29, 1.82) is 0 Å². The molecule has 0 fully saturated rings. The van der Waals surface area contributed by atoms with E-state index >= 15 is 0 Å². The lowest BCUT2D eigenvalue weighted by molar-refractivity contribution is -0.143. The Labute approximate surface area is 126 Å². The Morgan fingerprint density at radius 3 is 2.80 bits per heavy atom. The topological polar surface area (TPSA) is 38.3 Å². The minimum atomic E-state index is -0.177. The number of carbonyl (C=O) groups excluding carboxylic acids is 1. The molecule has 0 aliphatic rings. The highest BCUT2D eigenvalue weighted by Gasteiger charge is 2.17. The van der Waals surface area contributed by atoms with Crippen LogP contribution < -0.4 is 5.32 Å². The van der Waals surface area contributed by atoms with Gasteiger partial charge in [-0.1, -0.05) is 31.2 Å². The van der Waals surface area contributed by atoms with Gasteiger partial charge in [0.15, 0.2) is 0 Å². The molecule has 1 rings (SSSR count). The summed E-state index contributed by atoms with van der Waals surface area (Å²) in [5.74, 6) is 1.79. The molecule has 0 saturated heterocycles. The van der Waals surface area contributed by atoms with Crippen LogP contribution in [0, 0.1) is 6.92 Å². The van der Waals surface area contributed by atoms with E-state index in [0.29, 0.717) is 0 Å². The van der Waals surface area contributed by atoms with Crippen LogP contribution in [0.1, 0.15) is 30.9 Å². The van der Waals surface area contributed by atoms with Crippen molar-refractivity contribution < 1.29 is 9.53 Å². The van der Waals surface area contributed by atoms with Gasteiger partial charge in [0.2, 0.25) is 0 Å². The van der Waals surface area contributed by atoms with Crippen molar-refractivity contribution in [1.82, 2.24) is 5.32 Å². The fourth-order valence-electron chi connectivity index (χ4n) is 1.92. The van der Waals surface area contributed by atoms with E-state index in [1.165, 1.54) is 18.2 Å². The molecule has 4 heteroatoms. The molecule has 3 nitrogen and oxygen atoms in total. The van der Waals surface area contributed by atoms with Gasteiger partial charge in [0.1, 0.15) is 6.04 Å². The number of hydrogen-bond donors (Lipinski definition) is 1. The lowest BCUT2D eigenvalue weighted by Gasteiger charge is -2.15. The number of thioether (sulfide) groups is 1. The molecule has 0 aromatic heterocycles. The molecule has 0 aliphatic carbocycles. The van der Waals surface area contributed by atoms with Gasteiger partial charge in [-0.2, -0.15) is 11.8 Å². The number of benzene rings is 1. The average molecular weight is 295 g/mol. The lowest BCUT2D eigenvalue weighted by atomic mass is 10.1. The van der Waals surface area contributed by atoms with Crippen molar-refractivity contribution in [2.45, 2.75) is 38.5 Å². The summed E-state index contributed by atoms with van der Waals surface area (Å²) in [5, 5.41) is 3.24. The smallest absolute Gasteiger partial charge is 0.322 e. The molecule has 0 spiro atoms. The minimum absolute atomic E-state index is 0.157. The van der Waals surface area contributed by atoms with E-state index in [0.717, 1.165) is 30.9 Å². The minimum Gasteiger partial charge on any atom is -0.468 e. The van der Waals surface area contributed by atoms with Crippen LogP contribution in [0.4, 0.5) is 0 Å². The normalized spacial score (nSPS) is 12.2. The van der Waals surface area contributed by atoms with Crippen molar-refractivity contribution in [3.05, 3.63) is 35.4 Å². The van der Waals surface area contributed by atoms with Gasteiger partial charge in [-0.05, 0) is 43.2 Å². The molecule has 1 atom stereocenters. The first-order chi connectivity index (χ1) is 9.69. The Kier molecular flexibility index (Phi) is 8.38. The number of hydrogen-bond acceptors (Lipinski definition) is 4. The van der Waals surface area contributed by atoms with E-state index in [1.807, 2.05) is 11.8 Å². The van der Waals surface area contributed by atoms with Crippen molar-refractivity contribution in [3.8, 4) is 0 Å². The Bertz CT molecular complexity index is 409. The quantitative estimate of drug-likeness (QED) is 0.561. The van der Waals surface area contributed by atoms with Crippen LogP contribution in [0.5, 0.6) is 0 Å². The van der Waals surface area contributed by atoms with Crippen LogP contribution in [-0.4, -0.2) is 31.4 Å². The number of rotatable bonds is 9. The summed E-state index contributed by atoms with van der Waals surface area (Å²) < 4.78 is 4.83. The van der Waals surface area contributed by atoms with Gasteiger partial charge in [0.05, 0.1) is 7.11 Å². The summed E-state index contributed by atoms with van der Waals surface area (Å²) in [5.41, 5.74) is 2.70. The molecular weight excluding hydrogens is 270 g/mol. The third kappa shape index (κ3) is 5.97. The van der Waals surface area contributed by atoms with Crippen molar-refractivity contribution in [2.24, 2.45) is 0 Å². The van der Waals surface area contributed by atoms with Crippen LogP contribution >= 0.6 is 11.8 Å². The molecule has 0 saturated carbocycles. The Hall–Kier alpha value is -1.00. The summed E-state index contributed by atoms with van der Waals surface area (Å²) in [6.45, 7) is 5.08. The second-order valence-electron chi connectivity index (χ2n) is 4.80. The number of esters is 1. The summed E-state index contributed by atoms with van der Waals surface area (Å²) >= 11 is 1.86. The average Bonchev–Trinajstić information content (AvgIpc) is 2.47. The number of carbonyl (C=O) groups is 1. The second-order valence-corrected chi connectivity index (χ2v) is 5.90.